The lowest BCUT2D eigenvalue weighted by Crippen LogP contribution is -2.41. The number of benzene rings is 1. The number of rotatable bonds is 3. The van der Waals surface area contributed by atoms with Crippen molar-refractivity contribution in [2.24, 2.45) is 5.92 Å². The summed E-state index contributed by atoms with van der Waals surface area (Å²) in [5.41, 5.74) is 3.70. The van der Waals surface area contributed by atoms with Gasteiger partial charge in [0.15, 0.2) is 5.78 Å². The SMILES string of the molecule is COc1ccc2c(c1)C(CN1CCC(=O)C(C#N)C1)=C2.Cl. The van der Waals surface area contributed by atoms with Crippen LogP contribution in [0.2, 0.25) is 0 Å². The minimum absolute atomic E-state index is 0. The smallest absolute Gasteiger partial charge is 0.152 e. The number of ketones is 1. The topological polar surface area (TPSA) is 53.3 Å². The highest BCUT2D eigenvalue weighted by atomic mass is 35.5. The Morgan fingerprint density at radius 3 is 3.00 bits per heavy atom. The van der Waals surface area contributed by atoms with Crippen molar-refractivity contribution in [3.05, 3.63) is 29.3 Å². The van der Waals surface area contributed by atoms with Gasteiger partial charge in [-0.1, -0.05) is 6.07 Å². The second kappa shape index (κ2) is 6.30. The Bertz CT molecular complexity index is 634. The summed E-state index contributed by atoms with van der Waals surface area (Å²) in [5, 5.41) is 8.98. The molecule has 0 spiro atoms. The standard InChI is InChI=1S/C16H16N2O2.ClH/c1-20-14-3-2-11-6-12(15(11)7-14)9-18-5-4-16(19)13(8-17)10-18;/h2-3,6-7,13H,4-5,9-10H2,1H3;1H. The molecule has 0 aromatic heterocycles. The summed E-state index contributed by atoms with van der Waals surface area (Å²) in [5.74, 6) is 0.473. The van der Waals surface area contributed by atoms with Crippen LogP contribution < -0.4 is 4.74 Å². The Balaban J connectivity index is 0.00000161. The molecule has 1 aromatic carbocycles. The second-order valence-corrected chi connectivity index (χ2v) is 5.26. The van der Waals surface area contributed by atoms with Crippen LogP contribution in [0.5, 0.6) is 5.75 Å². The molecular weight excluding hydrogens is 288 g/mol. The highest BCUT2D eigenvalue weighted by Crippen LogP contribution is 2.35. The van der Waals surface area contributed by atoms with Gasteiger partial charge < -0.3 is 4.74 Å². The van der Waals surface area contributed by atoms with Crippen LogP contribution >= 0.6 is 12.4 Å². The first-order chi connectivity index (χ1) is 9.71. The van der Waals surface area contributed by atoms with Gasteiger partial charge in [0.25, 0.3) is 0 Å². The van der Waals surface area contributed by atoms with Gasteiger partial charge in [-0.3, -0.25) is 9.69 Å². The van der Waals surface area contributed by atoms with Crippen molar-refractivity contribution in [2.45, 2.75) is 6.42 Å². The monoisotopic (exact) mass is 304 g/mol. The lowest BCUT2D eigenvalue weighted by atomic mass is 9.87. The minimum atomic E-state index is -0.464. The molecule has 0 amide bonds. The number of carbonyl (C=O) groups excluding carboxylic acids is 1. The fourth-order valence-electron chi connectivity index (χ4n) is 2.78. The van der Waals surface area contributed by atoms with E-state index in [2.05, 4.69) is 23.1 Å². The largest absolute Gasteiger partial charge is 0.497 e. The maximum absolute atomic E-state index is 11.5. The number of Topliss-reactive ketones (excluding diaryl/α,β-unsaturated/α-hetero) is 1. The van der Waals surface area contributed by atoms with Crippen LogP contribution in [0.15, 0.2) is 18.2 Å². The summed E-state index contributed by atoms with van der Waals surface area (Å²) in [6, 6.07) is 8.15. The Kier molecular flexibility index (Phi) is 4.66. The van der Waals surface area contributed by atoms with Gasteiger partial charge in [0.1, 0.15) is 11.7 Å². The van der Waals surface area contributed by atoms with Crippen molar-refractivity contribution in [3.8, 4) is 11.8 Å². The first kappa shape index (κ1) is 15.6. The van der Waals surface area contributed by atoms with Crippen LogP contribution in [0.3, 0.4) is 0 Å². The molecule has 110 valence electrons. The Morgan fingerprint density at radius 1 is 1.48 bits per heavy atom. The lowest BCUT2D eigenvalue weighted by molar-refractivity contribution is -0.124. The van der Waals surface area contributed by atoms with Gasteiger partial charge in [0.05, 0.1) is 13.2 Å². The molecule has 3 rings (SSSR count). The van der Waals surface area contributed by atoms with Crippen LogP contribution in [0.1, 0.15) is 17.5 Å². The van der Waals surface area contributed by atoms with E-state index in [9.17, 15) is 4.79 Å². The molecule has 1 saturated heterocycles. The third-order valence-corrected chi connectivity index (χ3v) is 3.99. The third kappa shape index (κ3) is 2.94. The molecule has 0 radical (unpaired) electrons. The summed E-state index contributed by atoms with van der Waals surface area (Å²) >= 11 is 0. The van der Waals surface area contributed by atoms with Crippen molar-refractivity contribution in [1.82, 2.24) is 4.90 Å². The van der Waals surface area contributed by atoms with Crippen LogP contribution in [0.25, 0.3) is 11.6 Å². The van der Waals surface area contributed by atoms with Gasteiger partial charge in [-0.2, -0.15) is 5.26 Å². The van der Waals surface area contributed by atoms with Crippen molar-refractivity contribution in [2.75, 3.05) is 26.7 Å². The van der Waals surface area contributed by atoms with Crippen molar-refractivity contribution >= 4 is 29.8 Å². The van der Waals surface area contributed by atoms with E-state index in [4.69, 9.17) is 10.00 Å². The van der Waals surface area contributed by atoms with E-state index in [0.717, 1.165) is 18.8 Å². The van der Waals surface area contributed by atoms with E-state index in [1.807, 2.05) is 12.1 Å². The molecule has 1 unspecified atom stereocenters. The zero-order valence-electron chi connectivity index (χ0n) is 11.8. The van der Waals surface area contributed by atoms with E-state index in [-0.39, 0.29) is 18.2 Å². The number of fused-ring (bicyclic) bond motifs is 1. The number of hydrogen-bond donors (Lipinski definition) is 0. The predicted octanol–water partition coefficient (Wildman–Crippen LogP) is 2.39. The molecule has 0 saturated carbocycles. The number of nitrogens with zero attached hydrogens (tertiary/aromatic N) is 2. The number of nitriles is 1. The first-order valence-corrected chi connectivity index (χ1v) is 6.75. The molecule has 5 heteroatoms. The minimum Gasteiger partial charge on any atom is -0.497 e. The first-order valence-electron chi connectivity index (χ1n) is 6.75. The summed E-state index contributed by atoms with van der Waals surface area (Å²) in [6.45, 7) is 2.09. The van der Waals surface area contributed by atoms with Crippen molar-refractivity contribution in [1.29, 1.82) is 5.26 Å². The van der Waals surface area contributed by atoms with Crippen molar-refractivity contribution < 1.29 is 9.53 Å². The summed E-state index contributed by atoms with van der Waals surface area (Å²) < 4.78 is 5.24. The van der Waals surface area contributed by atoms with E-state index in [0.29, 0.717) is 13.0 Å². The summed E-state index contributed by atoms with van der Waals surface area (Å²) in [6.07, 6.45) is 2.64. The average molecular weight is 305 g/mol. The fourth-order valence-corrected chi connectivity index (χ4v) is 2.78. The van der Waals surface area contributed by atoms with Gasteiger partial charge in [0, 0.05) is 26.1 Å². The Morgan fingerprint density at radius 2 is 2.29 bits per heavy atom. The Labute approximate surface area is 130 Å². The maximum atomic E-state index is 11.5. The zero-order chi connectivity index (χ0) is 14.1. The molecule has 1 aliphatic heterocycles. The summed E-state index contributed by atoms with van der Waals surface area (Å²) in [4.78, 5) is 13.7. The van der Waals surface area contributed by atoms with Crippen LogP contribution in [0.4, 0.5) is 0 Å². The molecule has 4 nitrogen and oxygen atoms in total. The number of hydrogen-bond acceptors (Lipinski definition) is 4. The molecule has 0 N–H and O–H groups in total. The second-order valence-electron chi connectivity index (χ2n) is 5.26. The van der Waals surface area contributed by atoms with Gasteiger partial charge in [0.2, 0.25) is 0 Å². The lowest BCUT2D eigenvalue weighted by Gasteiger charge is -2.32. The van der Waals surface area contributed by atoms with Gasteiger partial charge in [-0.25, -0.2) is 0 Å². The van der Waals surface area contributed by atoms with Crippen LogP contribution in [0, 0.1) is 17.2 Å². The van der Waals surface area contributed by atoms with Crippen molar-refractivity contribution in [3.63, 3.8) is 0 Å². The number of halogens is 1. The Hall–Kier alpha value is -1.83. The molecule has 1 fully saturated rings. The highest BCUT2D eigenvalue weighted by Gasteiger charge is 2.28. The average Bonchev–Trinajstić information content (AvgIpc) is 2.46. The fraction of sp³-hybridized carbons (Fsp3) is 0.375. The molecule has 1 aromatic rings. The van der Waals surface area contributed by atoms with E-state index in [1.54, 1.807) is 7.11 Å². The molecule has 0 bridgehead atoms. The van der Waals surface area contributed by atoms with Crippen LogP contribution in [-0.2, 0) is 4.79 Å². The normalized spacial score (nSPS) is 20.5. The number of piperidine rings is 1. The van der Waals surface area contributed by atoms with Gasteiger partial charge in [-0.15, -0.1) is 12.4 Å². The predicted molar refractivity (Wildman–Crippen MR) is 83.3 cm³/mol. The molecule has 1 aliphatic carbocycles. The van der Waals surface area contributed by atoms with E-state index < -0.39 is 5.92 Å². The van der Waals surface area contributed by atoms with Gasteiger partial charge in [-0.05, 0) is 34.9 Å². The highest BCUT2D eigenvalue weighted by molar-refractivity contribution is 5.96. The summed E-state index contributed by atoms with van der Waals surface area (Å²) in [7, 11) is 1.66. The quantitative estimate of drug-likeness (QED) is 0.860. The van der Waals surface area contributed by atoms with E-state index in [1.165, 1.54) is 16.7 Å². The number of ether oxygens (including phenoxy) is 1. The number of likely N-dealkylation sites (tertiary alicyclic amines) is 1. The van der Waals surface area contributed by atoms with Crippen LogP contribution in [-0.4, -0.2) is 37.4 Å². The molecule has 2 aliphatic rings. The maximum Gasteiger partial charge on any atom is 0.152 e. The van der Waals surface area contributed by atoms with E-state index >= 15 is 0 Å². The van der Waals surface area contributed by atoms with Gasteiger partial charge >= 0.3 is 0 Å². The molecular formula is C16H17ClN2O2. The molecule has 21 heavy (non-hydrogen) atoms. The molecule has 1 heterocycles. The third-order valence-electron chi connectivity index (χ3n) is 3.99. The number of carbonyl (C=O) groups is 1. The molecule has 1 atom stereocenters. The zero-order valence-corrected chi connectivity index (χ0v) is 12.7. The number of methoxy groups -OCH3 is 1.